The summed E-state index contributed by atoms with van der Waals surface area (Å²) in [5.74, 6) is -0.451. The van der Waals surface area contributed by atoms with E-state index in [9.17, 15) is 9.59 Å². The highest BCUT2D eigenvalue weighted by Gasteiger charge is 2.21. The van der Waals surface area contributed by atoms with Crippen LogP contribution in [-0.2, 0) is 11.2 Å². The highest BCUT2D eigenvalue weighted by Crippen LogP contribution is 2.29. The average molecular weight is 367 g/mol. The van der Waals surface area contributed by atoms with Gasteiger partial charge >= 0.3 is 0 Å². The summed E-state index contributed by atoms with van der Waals surface area (Å²) in [4.78, 5) is 24.3. The van der Waals surface area contributed by atoms with Gasteiger partial charge in [-0.2, -0.15) is 0 Å². The van der Waals surface area contributed by atoms with Crippen LogP contribution in [0.2, 0.25) is 0 Å². The molecule has 3 N–H and O–H groups in total. The van der Waals surface area contributed by atoms with E-state index in [1.54, 1.807) is 24.3 Å². The van der Waals surface area contributed by atoms with Gasteiger partial charge in [0, 0.05) is 5.56 Å². The molecule has 6 heteroatoms. The molecule has 0 unspecified atom stereocenters. The second-order valence-corrected chi connectivity index (χ2v) is 6.62. The lowest BCUT2D eigenvalue weighted by molar-refractivity contribution is -0.120. The van der Waals surface area contributed by atoms with Crippen molar-refractivity contribution in [2.75, 3.05) is 6.54 Å². The van der Waals surface area contributed by atoms with Crippen LogP contribution in [0.5, 0.6) is 0 Å². The SMILES string of the molecule is O=C(CNC(=S)NC(=O)c1ccccc1)N[C@H]1CCCc2ccccc21. The predicted molar refractivity (Wildman–Crippen MR) is 105 cm³/mol. The van der Waals surface area contributed by atoms with Crippen molar-refractivity contribution in [3.8, 4) is 0 Å². The first-order valence-corrected chi connectivity index (χ1v) is 9.05. The normalized spacial score (nSPS) is 15.5. The molecule has 0 bridgehead atoms. The number of aryl methyl sites for hydroxylation is 1. The summed E-state index contributed by atoms with van der Waals surface area (Å²) in [5, 5.41) is 8.54. The number of amides is 2. The molecular formula is C20H21N3O2S. The third-order valence-corrected chi connectivity index (χ3v) is 4.62. The maximum absolute atomic E-state index is 12.2. The van der Waals surface area contributed by atoms with E-state index >= 15 is 0 Å². The molecule has 2 aromatic rings. The molecule has 0 saturated heterocycles. The summed E-state index contributed by atoms with van der Waals surface area (Å²) in [6.45, 7) is 0.0204. The second-order valence-electron chi connectivity index (χ2n) is 6.21. The van der Waals surface area contributed by atoms with Crippen molar-refractivity contribution in [2.24, 2.45) is 0 Å². The minimum absolute atomic E-state index is 0.0204. The maximum atomic E-state index is 12.2. The number of benzene rings is 2. The Labute approximate surface area is 158 Å². The first-order valence-electron chi connectivity index (χ1n) is 8.65. The molecular weight excluding hydrogens is 346 g/mol. The van der Waals surface area contributed by atoms with Gasteiger partial charge in [0.25, 0.3) is 5.91 Å². The van der Waals surface area contributed by atoms with E-state index in [2.05, 4.69) is 28.1 Å². The van der Waals surface area contributed by atoms with Gasteiger partial charge in [0.05, 0.1) is 12.6 Å². The van der Waals surface area contributed by atoms with Gasteiger partial charge in [-0.25, -0.2) is 0 Å². The zero-order chi connectivity index (χ0) is 18.4. The summed E-state index contributed by atoms with van der Waals surface area (Å²) >= 11 is 5.09. The van der Waals surface area contributed by atoms with E-state index in [1.165, 1.54) is 11.1 Å². The van der Waals surface area contributed by atoms with Gasteiger partial charge in [0.15, 0.2) is 5.11 Å². The Morgan fingerprint density at radius 1 is 1.04 bits per heavy atom. The Balaban J connectivity index is 1.47. The molecule has 1 aliphatic carbocycles. The van der Waals surface area contributed by atoms with Gasteiger partial charge in [-0.1, -0.05) is 42.5 Å². The first-order chi connectivity index (χ1) is 12.6. The monoisotopic (exact) mass is 367 g/mol. The molecule has 5 nitrogen and oxygen atoms in total. The minimum atomic E-state index is -0.301. The van der Waals surface area contributed by atoms with Crippen LogP contribution in [0.15, 0.2) is 54.6 Å². The van der Waals surface area contributed by atoms with E-state index in [0.717, 1.165) is 19.3 Å². The number of carbonyl (C=O) groups is 2. The highest BCUT2D eigenvalue weighted by molar-refractivity contribution is 7.80. The van der Waals surface area contributed by atoms with Crippen LogP contribution in [0, 0.1) is 0 Å². The van der Waals surface area contributed by atoms with E-state index < -0.39 is 0 Å². The third-order valence-electron chi connectivity index (χ3n) is 4.38. The van der Waals surface area contributed by atoms with Crippen molar-refractivity contribution >= 4 is 29.1 Å². The largest absolute Gasteiger partial charge is 0.353 e. The quantitative estimate of drug-likeness (QED) is 0.726. The fourth-order valence-corrected chi connectivity index (χ4v) is 3.28. The Morgan fingerprint density at radius 3 is 2.58 bits per heavy atom. The van der Waals surface area contributed by atoms with Crippen LogP contribution in [-0.4, -0.2) is 23.5 Å². The minimum Gasteiger partial charge on any atom is -0.353 e. The van der Waals surface area contributed by atoms with Crippen LogP contribution in [0.4, 0.5) is 0 Å². The summed E-state index contributed by atoms with van der Waals surface area (Å²) in [6, 6.07) is 17.0. The Hall–Kier alpha value is -2.73. The highest BCUT2D eigenvalue weighted by atomic mass is 32.1. The van der Waals surface area contributed by atoms with Gasteiger partial charge in [-0.3, -0.25) is 14.9 Å². The van der Waals surface area contributed by atoms with Crippen LogP contribution in [0.1, 0.15) is 40.4 Å². The third kappa shape index (κ3) is 4.67. The summed E-state index contributed by atoms with van der Waals surface area (Å²) in [7, 11) is 0. The lowest BCUT2D eigenvalue weighted by atomic mass is 9.88. The van der Waals surface area contributed by atoms with Crippen LogP contribution < -0.4 is 16.0 Å². The zero-order valence-corrected chi connectivity index (χ0v) is 15.1. The number of thiocarbonyl (C=S) groups is 1. The van der Waals surface area contributed by atoms with E-state index in [4.69, 9.17) is 12.2 Å². The van der Waals surface area contributed by atoms with Crippen molar-refractivity contribution in [2.45, 2.75) is 25.3 Å². The van der Waals surface area contributed by atoms with Crippen molar-refractivity contribution in [1.29, 1.82) is 0 Å². The molecule has 3 rings (SSSR count). The lowest BCUT2D eigenvalue weighted by Gasteiger charge is -2.26. The smallest absolute Gasteiger partial charge is 0.257 e. The summed E-state index contributed by atoms with van der Waals surface area (Å²) in [6.07, 6.45) is 3.04. The number of hydrogen-bond acceptors (Lipinski definition) is 3. The van der Waals surface area contributed by atoms with Crippen LogP contribution in [0.3, 0.4) is 0 Å². The lowest BCUT2D eigenvalue weighted by Crippen LogP contribution is -2.44. The van der Waals surface area contributed by atoms with E-state index in [1.807, 2.05) is 18.2 Å². The Kier molecular flexibility index (Phi) is 5.96. The molecule has 0 saturated carbocycles. The number of carbonyl (C=O) groups excluding carboxylic acids is 2. The number of hydrogen-bond donors (Lipinski definition) is 3. The van der Waals surface area contributed by atoms with Crippen molar-refractivity contribution in [1.82, 2.24) is 16.0 Å². The first kappa shape index (κ1) is 18.1. The molecule has 0 fully saturated rings. The average Bonchev–Trinajstić information content (AvgIpc) is 2.67. The Bertz CT molecular complexity index is 808. The zero-order valence-electron chi connectivity index (χ0n) is 14.3. The van der Waals surface area contributed by atoms with Crippen molar-refractivity contribution in [3.05, 3.63) is 71.3 Å². The summed E-state index contributed by atoms with van der Waals surface area (Å²) in [5.41, 5.74) is 3.00. The van der Waals surface area contributed by atoms with Crippen molar-refractivity contribution in [3.63, 3.8) is 0 Å². The maximum Gasteiger partial charge on any atom is 0.257 e. The van der Waals surface area contributed by atoms with Crippen LogP contribution >= 0.6 is 12.2 Å². The van der Waals surface area contributed by atoms with Gasteiger partial charge in [-0.15, -0.1) is 0 Å². The molecule has 0 aliphatic heterocycles. The molecule has 26 heavy (non-hydrogen) atoms. The molecule has 0 heterocycles. The Morgan fingerprint density at radius 2 is 1.77 bits per heavy atom. The second kappa shape index (κ2) is 8.58. The van der Waals surface area contributed by atoms with Crippen LogP contribution in [0.25, 0.3) is 0 Å². The van der Waals surface area contributed by atoms with Gasteiger partial charge in [-0.05, 0) is 54.7 Å². The molecule has 2 amide bonds. The molecule has 1 aliphatic rings. The molecule has 1 atom stereocenters. The summed E-state index contributed by atoms with van der Waals surface area (Å²) < 4.78 is 0. The van der Waals surface area contributed by atoms with E-state index in [0.29, 0.717) is 5.56 Å². The molecule has 134 valence electrons. The van der Waals surface area contributed by atoms with Gasteiger partial charge in [0.1, 0.15) is 0 Å². The molecule has 2 aromatic carbocycles. The number of fused-ring (bicyclic) bond motifs is 1. The fraction of sp³-hybridized carbons (Fsp3) is 0.250. The number of rotatable bonds is 4. The standard InChI is InChI=1S/C20H21N3O2S/c24-18(22-17-12-6-10-14-7-4-5-11-16(14)17)13-21-20(26)23-19(25)15-8-2-1-3-9-15/h1-5,7-9,11,17H,6,10,12-13H2,(H,22,24)(H2,21,23,25,26)/t17-/m0/s1. The van der Waals surface area contributed by atoms with E-state index in [-0.39, 0.29) is 29.5 Å². The van der Waals surface area contributed by atoms with Gasteiger partial charge in [0.2, 0.25) is 5.91 Å². The molecule has 0 spiro atoms. The van der Waals surface area contributed by atoms with Gasteiger partial charge < -0.3 is 10.6 Å². The van der Waals surface area contributed by atoms with Crippen molar-refractivity contribution < 1.29 is 9.59 Å². The number of nitrogens with one attached hydrogen (secondary N) is 3. The predicted octanol–water partition coefficient (Wildman–Crippen LogP) is 2.48. The topological polar surface area (TPSA) is 70.2 Å². The fourth-order valence-electron chi connectivity index (χ4n) is 3.12. The molecule has 0 radical (unpaired) electrons. The molecule has 0 aromatic heterocycles.